The van der Waals surface area contributed by atoms with E-state index in [0.29, 0.717) is 13.0 Å². The van der Waals surface area contributed by atoms with Gasteiger partial charge in [0.05, 0.1) is 6.20 Å². The maximum Gasteiger partial charge on any atom is 0.407 e. The number of hydrogen-bond donors (Lipinski definition) is 2. The zero-order chi connectivity index (χ0) is 22.5. The Morgan fingerprint density at radius 2 is 1.81 bits per heavy atom. The molecule has 0 bridgehead atoms. The summed E-state index contributed by atoms with van der Waals surface area (Å²) in [7, 11) is 0. The van der Waals surface area contributed by atoms with Crippen molar-refractivity contribution in [3.63, 3.8) is 0 Å². The van der Waals surface area contributed by atoms with Gasteiger partial charge in [-0.3, -0.25) is 4.68 Å². The first-order valence-electron chi connectivity index (χ1n) is 10.6. The van der Waals surface area contributed by atoms with E-state index in [4.69, 9.17) is 9.84 Å². The van der Waals surface area contributed by atoms with Crippen LogP contribution in [0, 0.1) is 0 Å². The summed E-state index contributed by atoms with van der Waals surface area (Å²) in [6, 6.07) is 15.7. The fourth-order valence-corrected chi connectivity index (χ4v) is 3.89. The second-order valence-electron chi connectivity index (χ2n) is 7.71. The third-order valence-corrected chi connectivity index (χ3v) is 5.61. The second kappa shape index (κ2) is 9.51. The van der Waals surface area contributed by atoms with Crippen LogP contribution >= 0.6 is 0 Å². The molecule has 0 unspecified atom stereocenters. The lowest BCUT2D eigenvalue weighted by Gasteiger charge is -2.14. The van der Waals surface area contributed by atoms with E-state index in [-0.39, 0.29) is 12.5 Å². The number of carbonyl (C=O) groups is 2. The normalized spacial score (nSPS) is 13.5. The highest BCUT2D eigenvalue weighted by Crippen LogP contribution is 2.44. The molecule has 0 aliphatic heterocycles. The Morgan fingerprint density at radius 3 is 2.47 bits per heavy atom. The molecule has 2 N–H and O–H groups in total. The number of nitrogens with zero attached hydrogens (tertiary/aromatic N) is 2. The highest BCUT2D eigenvalue weighted by Gasteiger charge is 2.28. The molecule has 0 radical (unpaired) electrons. The molecule has 0 saturated heterocycles. The highest BCUT2D eigenvalue weighted by molar-refractivity contribution is 5.79. The van der Waals surface area contributed by atoms with E-state index < -0.39 is 18.1 Å². The van der Waals surface area contributed by atoms with Gasteiger partial charge in [0.1, 0.15) is 12.6 Å². The molecule has 164 valence electrons. The molecule has 1 aromatic heterocycles. The first kappa shape index (κ1) is 21.4. The molecule has 2 aromatic carbocycles. The first-order chi connectivity index (χ1) is 15.5. The van der Waals surface area contributed by atoms with Crippen molar-refractivity contribution in [1.82, 2.24) is 15.1 Å². The van der Waals surface area contributed by atoms with Crippen molar-refractivity contribution >= 4 is 18.1 Å². The van der Waals surface area contributed by atoms with Gasteiger partial charge in [0.25, 0.3) is 0 Å². The number of hydrogen-bond acceptors (Lipinski definition) is 4. The molecule has 0 fully saturated rings. The third-order valence-electron chi connectivity index (χ3n) is 5.61. The molecule has 0 spiro atoms. The lowest BCUT2D eigenvalue weighted by Crippen LogP contribution is -2.26. The average Bonchev–Trinajstić information content (AvgIpc) is 3.40. The SMILES string of the molecule is C[C@@H](C(=O)O)n1cc(C=CCCNC(=O)OCC2c3ccccc3-c3ccccc32)cn1. The van der Waals surface area contributed by atoms with Gasteiger partial charge >= 0.3 is 12.1 Å². The molecule has 7 heteroatoms. The number of nitrogens with one attached hydrogen (secondary N) is 1. The Labute approximate surface area is 186 Å². The maximum atomic E-state index is 12.2. The van der Waals surface area contributed by atoms with E-state index >= 15 is 0 Å². The molecule has 1 aliphatic rings. The number of rotatable bonds is 8. The molecular formula is C25H25N3O4. The van der Waals surface area contributed by atoms with Gasteiger partial charge in [-0.05, 0) is 35.6 Å². The number of carbonyl (C=O) groups excluding carboxylic acids is 1. The Balaban J connectivity index is 1.24. The number of ether oxygens (including phenoxy) is 1. The van der Waals surface area contributed by atoms with E-state index in [1.807, 2.05) is 36.4 Å². The van der Waals surface area contributed by atoms with Crippen molar-refractivity contribution in [2.75, 3.05) is 13.2 Å². The van der Waals surface area contributed by atoms with Crippen LogP contribution in [-0.4, -0.2) is 40.1 Å². The van der Waals surface area contributed by atoms with Crippen molar-refractivity contribution in [2.24, 2.45) is 0 Å². The summed E-state index contributed by atoms with van der Waals surface area (Å²) >= 11 is 0. The monoisotopic (exact) mass is 431 g/mol. The van der Waals surface area contributed by atoms with E-state index in [1.54, 1.807) is 19.3 Å². The van der Waals surface area contributed by atoms with Gasteiger partial charge < -0.3 is 15.2 Å². The minimum absolute atomic E-state index is 0.0396. The van der Waals surface area contributed by atoms with Crippen molar-refractivity contribution in [2.45, 2.75) is 25.3 Å². The maximum absolute atomic E-state index is 12.2. The number of aliphatic carboxylic acids is 1. The molecule has 3 aromatic rings. The minimum Gasteiger partial charge on any atom is -0.480 e. The molecule has 0 saturated carbocycles. The zero-order valence-corrected chi connectivity index (χ0v) is 17.8. The summed E-state index contributed by atoms with van der Waals surface area (Å²) < 4.78 is 6.91. The molecule has 32 heavy (non-hydrogen) atoms. The third kappa shape index (κ3) is 4.56. The van der Waals surface area contributed by atoms with Gasteiger partial charge in [-0.2, -0.15) is 5.10 Å². The predicted octanol–water partition coefficient (Wildman–Crippen LogP) is 4.47. The first-order valence-corrected chi connectivity index (χ1v) is 10.6. The van der Waals surface area contributed by atoms with Crippen LogP contribution in [0.2, 0.25) is 0 Å². The summed E-state index contributed by atoms with van der Waals surface area (Å²) in [6.07, 6.45) is 7.20. The fourth-order valence-electron chi connectivity index (χ4n) is 3.89. The van der Waals surface area contributed by atoms with Crippen LogP contribution in [0.25, 0.3) is 17.2 Å². The Morgan fingerprint density at radius 1 is 1.16 bits per heavy atom. The smallest absolute Gasteiger partial charge is 0.407 e. The Hall–Kier alpha value is -3.87. The number of carboxylic acids is 1. The number of benzene rings is 2. The van der Waals surface area contributed by atoms with Gasteiger partial charge in [-0.25, -0.2) is 9.59 Å². The van der Waals surface area contributed by atoms with Crippen molar-refractivity contribution in [3.05, 3.63) is 83.7 Å². The largest absolute Gasteiger partial charge is 0.480 e. The van der Waals surface area contributed by atoms with Crippen LogP contribution in [0.1, 0.15) is 42.0 Å². The van der Waals surface area contributed by atoms with Crippen LogP contribution in [0.4, 0.5) is 4.79 Å². The Kier molecular flexibility index (Phi) is 6.35. The number of carboxylic acid groups (broad SMARTS) is 1. The molecule has 1 aliphatic carbocycles. The number of amides is 1. The molecule has 1 atom stereocenters. The van der Waals surface area contributed by atoms with Gasteiger partial charge in [-0.1, -0.05) is 60.7 Å². The molecule has 7 nitrogen and oxygen atoms in total. The summed E-state index contributed by atoms with van der Waals surface area (Å²) in [4.78, 5) is 23.2. The molecule has 4 rings (SSSR count). The zero-order valence-electron chi connectivity index (χ0n) is 17.8. The quantitative estimate of drug-likeness (QED) is 0.513. The standard InChI is InChI=1S/C25H25N3O4/c1-17(24(29)30)28-15-18(14-27-28)8-6-7-13-26-25(31)32-16-23-21-11-4-2-9-19(21)20-10-3-5-12-22(20)23/h2-6,8-12,14-15,17,23H,7,13,16H2,1H3,(H,26,31)(H,29,30)/t17-/m0/s1. The predicted molar refractivity (Wildman–Crippen MR) is 121 cm³/mol. The van der Waals surface area contributed by atoms with Crippen molar-refractivity contribution in [3.8, 4) is 11.1 Å². The van der Waals surface area contributed by atoms with Crippen LogP contribution < -0.4 is 5.32 Å². The summed E-state index contributed by atoms with van der Waals surface area (Å²) in [6.45, 7) is 2.30. The fraction of sp³-hybridized carbons (Fsp3) is 0.240. The average molecular weight is 431 g/mol. The van der Waals surface area contributed by atoms with Crippen molar-refractivity contribution < 1.29 is 19.4 Å². The van der Waals surface area contributed by atoms with Gasteiger partial charge in [0.2, 0.25) is 0 Å². The topological polar surface area (TPSA) is 93.5 Å². The number of alkyl carbamates (subject to hydrolysis) is 1. The summed E-state index contributed by atoms with van der Waals surface area (Å²) in [5.41, 5.74) is 5.57. The molecular weight excluding hydrogens is 406 g/mol. The van der Waals surface area contributed by atoms with Crippen molar-refractivity contribution in [1.29, 1.82) is 0 Å². The number of aromatic nitrogens is 2. The molecule has 1 heterocycles. The minimum atomic E-state index is -0.934. The van der Waals surface area contributed by atoms with E-state index in [2.05, 4.69) is 34.7 Å². The van der Waals surface area contributed by atoms with E-state index in [9.17, 15) is 9.59 Å². The summed E-state index contributed by atoms with van der Waals surface area (Å²) in [5.74, 6) is -0.895. The van der Waals surface area contributed by atoms with Crippen LogP contribution in [-0.2, 0) is 9.53 Å². The van der Waals surface area contributed by atoms with Crippen LogP contribution in [0.3, 0.4) is 0 Å². The lowest BCUT2D eigenvalue weighted by atomic mass is 9.98. The molecule has 1 amide bonds. The summed E-state index contributed by atoms with van der Waals surface area (Å²) in [5, 5.41) is 15.8. The highest BCUT2D eigenvalue weighted by atomic mass is 16.5. The Bertz CT molecular complexity index is 1110. The van der Waals surface area contributed by atoms with Gasteiger partial charge in [-0.15, -0.1) is 0 Å². The van der Waals surface area contributed by atoms with E-state index in [1.165, 1.54) is 26.9 Å². The van der Waals surface area contributed by atoms with Gasteiger partial charge in [0.15, 0.2) is 0 Å². The van der Waals surface area contributed by atoms with Crippen LogP contribution in [0.5, 0.6) is 0 Å². The number of fused-ring (bicyclic) bond motifs is 3. The van der Waals surface area contributed by atoms with E-state index in [0.717, 1.165) is 5.56 Å². The van der Waals surface area contributed by atoms with Gasteiger partial charge in [0, 0.05) is 24.2 Å². The van der Waals surface area contributed by atoms with Crippen LogP contribution in [0.15, 0.2) is 67.0 Å². The lowest BCUT2D eigenvalue weighted by molar-refractivity contribution is -0.140. The second-order valence-corrected chi connectivity index (χ2v) is 7.71.